The van der Waals surface area contributed by atoms with Gasteiger partial charge in [0.05, 0.1) is 0 Å². The first-order valence-corrected chi connectivity index (χ1v) is 4.19. The molecule has 0 aliphatic rings. The molecule has 4 heteroatoms. The third-order valence-electron chi connectivity index (χ3n) is 1.92. The van der Waals surface area contributed by atoms with Crippen LogP contribution in [-0.2, 0) is 0 Å². The highest BCUT2D eigenvalue weighted by atomic mass is 15.0. The maximum Gasteiger partial charge on any atom is 0.219 e. The standard InChI is InChI=1S/C10H10N4/c11-9-3-1-7(2-4-9)8-5-13-10(12)14-6-8/h1-6H,11H2,(H2,12,13,14). The number of hydrogen-bond donors (Lipinski definition) is 2. The third-order valence-corrected chi connectivity index (χ3v) is 1.92. The number of rotatable bonds is 1. The van der Waals surface area contributed by atoms with Crippen molar-refractivity contribution >= 4 is 11.6 Å². The number of aromatic nitrogens is 2. The molecule has 2 aromatic rings. The van der Waals surface area contributed by atoms with Gasteiger partial charge in [0, 0.05) is 23.6 Å². The van der Waals surface area contributed by atoms with Crippen molar-refractivity contribution in [3.05, 3.63) is 36.7 Å². The van der Waals surface area contributed by atoms with E-state index in [4.69, 9.17) is 11.5 Å². The normalized spacial score (nSPS) is 10.0. The Labute approximate surface area is 81.6 Å². The molecule has 0 saturated carbocycles. The van der Waals surface area contributed by atoms with Gasteiger partial charge in [0.25, 0.3) is 0 Å². The molecule has 0 aliphatic carbocycles. The van der Waals surface area contributed by atoms with Crippen LogP contribution in [0.1, 0.15) is 0 Å². The van der Waals surface area contributed by atoms with Crippen molar-refractivity contribution in [1.82, 2.24) is 9.97 Å². The first kappa shape index (κ1) is 8.50. The van der Waals surface area contributed by atoms with Crippen molar-refractivity contribution in [3.63, 3.8) is 0 Å². The van der Waals surface area contributed by atoms with Gasteiger partial charge < -0.3 is 11.5 Å². The molecule has 2 rings (SSSR count). The Kier molecular flexibility index (Phi) is 2.02. The zero-order chi connectivity index (χ0) is 9.97. The lowest BCUT2D eigenvalue weighted by Gasteiger charge is -2.00. The Bertz CT molecular complexity index is 375. The van der Waals surface area contributed by atoms with Crippen molar-refractivity contribution < 1.29 is 0 Å². The lowest BCUT2D eigenvalue weighted by Crippen LogP contribution is -1.93. The number of nitrogen functional groups attached to an aromatic ring is 2. The summed E-state index contributed by atoms with van der Waals surface area (Å²) >= 11 is 0. The maximum atomic E-state index is 5.58. The van der Waals surface area contributed by atoms with Crippen LogP contribution >= 0.6 is 0 Å². The maximum absolute atomic E-state index is 5.58. The van der Waals surface area contributed by atoms with E-state index in [1.807, 2.05) is 24.3 Å². The molecule has 4 nitrogen and oxygen atoms in total. The summed E-state index contributed by atoms with van der Waals surface area (Å²) in [4.78, 5) is 7.83. The van der Waals surface area contributed by atoms with Gasteiger partial charge in [0.2, 0.25) is 5.95 Å². The molecule has 0 radical (unpaired) electrons. The van der Waals surface area contributed by atoms with E-state index in [0.29, 0.717) is 0 Å². The molecular formula is C10H10N4. The van der Waals surface area contributed by atoms with Crippen molar-refractivity contribution in [2.45, 2.75) is 0 Å². The Morgan fingerprint density at radius 1 is 0.786 bits per heavy atom. The molecule has 0 unspecified atom stereocenters. The van der Waals surface area contributed by atoms with Crippen LogP contribution in [0.15, 0.2) is 36.7 Å². The quantitative estimate of drug-likeness (QED) is 0.658. The molecule has 1 heterocycles. The Morgan fingerprint density at radius 3 is 1.93 bits per heavy atom. The smallest absolute Gasteiger partial charge is 0.219 e. The summed E-state index contributed by atoms with van der Waals surface area (Å²) in [5.74, 6) is 0.282. The van der Waals surface area contributed by atoms with Crippen LogP contribution in [0.3, 0.4) is 0 Å². The molecule has 0 saturated heterocycles. The minimum absolute atomic E-state index is 0.282. The van der Waals surface area contributed by atoms with Crippen molar-refractivity contribution in [3.8, 4) is 11.1 Å². The molecule has 70 valence electrons. The monoisotopic (exact) mass is 186 g/mol. The zero-order valence-corrected chi connectivity index (χ0v) is 7.51. The highest BCUT2D eigenvalue weighted by molar-refractivity contribution is 5.64. The molecular weight excluding hydrogens is 176 g/mol. The predicted octanol–water partition coefficient (Wildman–Crippen LogP) is 1.31. The molecule has 1 aromatic heterocycles. The topological polar surface area (TPSA) is 77.8 Å². The van der Waals surface area contributed by atoms with Gasteiger partial charge in [-0.2, -0.15) is 0 Å². The van der Waals surface area contributed by atoms with Crippen molar-refractivity contribution in [1.29, 1.82) is 0 Å². The number of nitrogens with two attached hydrogens (primary N) is 2. The van der Waals surface area contributed by atoms with Gasteiger partial charge >= 0.3 is 0 Å². The van der Waals surface area contributed by atoms with Gasteiger partial charge in [-0.25, -0.2) is 9.97 Å². The molecule has 4 N–H and O–H groups in total. The molecule has 14 heavy (non-hydrogen) atoms. The lowest BCUT2D eigenvalue weighted by atomic mass is 10.1. The zero-order valence-electron chi connectivity index (χ0n) is 7.51. The lowest BCUT2D eigenvalue weighted by molar-refractivity contribution is 1.19. The van der Waals surface area contributed by atoms with Gasteiger partial charge in [0.1, 0.15) is 0 Å². The SMILES string of the molecule is Nc1ccc(-c2cnc(N)nc2)cc1. The Hall–Kier alpha value is -2.10. The third kappa shape index (κ3) is 1.64. The largest absolute Gasteiger partial charge is 0.399 e. The number of nitrogens with zero attached hydrogens (tertiary/aromatic N) is 2. The van der Waals surface area contributed by atoms with Crippen LogP contribution in [0.2, 0.25) is 0 Å². The van der Waals surface area contributed by atoms with E-state index in [9.17, 15) is 0 Å². The van der Waals surface area contributed by atoms with E-state index >= 15 is 0 Å². The van der Waals surface area contributed by atoms with Gasteiger partial charge in [-0.05, 0) is 17.7 Å². The van der Waals surface area contributed by atoms with Gasteiger partial charge in [-0.3, -0.25) is 0 Å². The summed E-state index contributed by atoms with van der Waals surface area (Å²) in [5.41, 5.74) is 13.7. The highest BCUT2D eigenvalue weighted by Gasteiger charge is 1.97. The fourth-order valence-electron chi connectivity index (χ4n) is 1.16. The van der Waals surface area contributed by atoms with Crippen LogP contribution < -0.4 is 11.5 Å². The van der Waals surface area contributed by atoms with Crippen LogP contribution in [0.5, 0.6) is 0 Å². The number of anilines is 2. The second kappa shape index (κ2) is 3.33. The molecule has 0 atom stereocenters. The van der Waals surface area contributed by atoms with Gasteiger partial charge in [-0.1, -0.05) is 12.1 Å². The van der Waals surface area contributed by atoms with Crippen molar-refractivity contribution in [2.24, 2.45) is 0 Å². The van der Waals surface area contributed by atoms with E-state index in [2.05, 4.69) is 9.97 Å². The van der Waals surface area contributed by atoms with E-state index in [1.54, 1.807) is 12.4 Å². The minimum atomic E-state index is 0.282. The van der Waals surface area contributed by atoms with Crippen LogP contribution in [0, 0.1) is 0 Å². The Balaban J connectivity index is 2.40. The molecule has 0 aliphatic heterocycles. The molecule has 0 spiro atoms. The summed E-state index contributed by atoms with van der Waals surface area (Å²) in [6.07, 6.45) is 3.38. The summed E-state index contributed by atoms with van der Waals surface area (Å²) in [6, 6.07) is 7.52. The predicted molar refractivity (Wildman–Crippen MR) is 56.3 cm³/mol. The van der Waals surface area contributed by atoms with E-state index < -0.39 is 0 Å². The molecule has 1 aromatic carbocycles. The molecule has 0 fully saturated rings. The van der Waals surface area contributed by atoms with E-state index in [-0.39, 0.29) is 5.95 Å². The van der Waals surface area contributed by atoms with Crippen LogP contribution in [0.4, 0.5) is 11.6 Å². The van der Waals surface area contributed by atoms with E-state index in [0.717, 1.165) is 16.8 Å². The minimum Gasteiger partial charge on any atom is -0.399 e. The first-order chi connectivity index (χ1) is 6.75. The first-order valence-electron chi connectivity index (χ1n) is 4.19. The molecule has 0 amide bonds. The van der Waals surface area contributed by atoms with Crippen LogP contribution in [0.25, 0.3) is 11.1 Å². The average molecular weight is 186 g/mol. The molecule has 0 bridgehead atoms. The summed E-state index contributed by atoms with van der Waals surface area (Å²) in [6.45, 7) is 0. The number of benzene rings is 1. The second-order valence-electron chi connectivity index (χ2n) is 2.95. The fraction of sp³-hybridized carbons (Fsp3) is 0. The summed E-state index contributed by atoms with van der Waals surface area (Å²) in [5, 5.41) is 0. The summed E-state index contributed by atoms with van der Waals surface area (Å²) in [7, 11) is 0. The summed E-state index contributed by atoms with van der Waals surface area (Å²) < 4.78 is 0. The second-order valence-corrected chi connectivity index (χ2v) is 2.95. The van der Waals surface area contributed by atoms with Crippen molar-refractivity contribution in [2.75, 3.05) is 11.5 Å². The van der Waals surface area contributed by atoms with Crippen LogP contribution in [-0.4, -0.2) is 9.97 Å². The van der Waals surface area contributed by atoms with E-state index in [1.165, 1.54) is 0 Å². The van der Waals surface area contributed by atoms with Gasteiger partial charge in [-0.15, -0.1) is 0 Å². The Morgan fingerprint density at radius 2 is 1.36 bits per heavy atom. The fourth-order valence-corrected chi connectivity index (χ4v) is 1.16. The number of hydrogen-bond acceptors (Lipinski definition) is 4. The average Bonchev–Trinajstić information content (AvgIpc) is 2.21. The highest BCUT2D eigenvalue weighted by Crippen LogP contribution is 2.18. The van der Waals surface area contributed by atoms with Gasteiger partial charge in [0.15, 0.2) is 0 Å².